The number of carbonyl (C=O) groups is 4. The topological polar surface area (TPSA) is 96.0 Å². The fourth-order valence-electron chi connectivity index (χ4n) is 4.34. The van der Waals surface area contributed by atoms with Crippen molar-refractivity contribution >= 4 is 29.5 Å². The van der Waals surface area contributed by atoms with E-state index in [4.69, 9.17) is 4.74 Å². The van der Waals surface area contributed by atoms with Crippen LogP contribution in [0.4, 0.5) is 10.5 Å². The van der Waals surface area contributed by atoms with E-state index in [0.717, 1.165) is 24.2 Å². The molecule has 0 unspecified atom stereocenters. The van der Waals surface area contributed by atoms with Gasteiger partial charge in [-0.25, -0.2) is 4.79 Å². The number of hydrogen-bond donors (Lipinski definition) is 1. The second-order valence-corrected chi connectivity index (χ2v) is 8.29. The Labute approximate surface area is 176 Å². The monoisotopic (exact) mass is 415 g/mol. The van der Waals surface area contributed by atoms with Gasteiger partial charge in [0, 0.05) is 11.7 Å². The third-order valence-corrected chi connectivity index (χ3v) is 5.96. The Kier molecular flexibility index (Phi) is 6.43. The number of ether oxygens (including phenoxy) is 1. The summed E-state index contributed by atoms with van der Waals surface area (Å²) in [7, 11) is 0. The molecule has 0 bridgehead atoms. The number of esters is 1. The number of carbonyl (C=O) groups excluding carboxylic acids is 4. The summed E-state index contributed by atoms with van der Waals surface area (Å²) in [6.45, 7) is 4.72. The number of urea groups is 1. The molecule has 0 aromatic heterocycles. The predicted octanol–water partition coefficient (Wildman–Crippen LogP) is 2.47. The molecule has 30 heavy (non-hydrogen) atoms. The van der Waals surface area contributed by atoms with E-state index in [0.29, 0.717) is 12.1 Å². The maximum atomic E-state index is 12.9. The normalized spacial score (nSPS) is 23.6. The third-order valence-electron chi connectivity index (χ3n) is 5.96. The summed E-state index contributed by atoms with van der Waals surface area (Å²) in [6.07, 6.45) is 3.30. The van der Waals surface area contributed by atoms with Gasteiger partial charge in [-0.05, 0) is 44.7 Å². The standard InChI is InChI=1S/C22H29N3O5/c1-15(2)25(17-10-5-4-6-11-17)18(26)14-30-19(27)13-24-20(28)22(23-21(24)29)12-8-7-9-16(22)3/h4-6,10-11,15-16H,7-9,12-14H2,1-3H3,(H,23,29)/t16-,22+/m1/s1. The molecule has 1 heterocycles. The lowest BCUT2D eigenvalue weighted by Gasteiger charge is -2.36. The van der Waals surface area contributed by atoms with Crippen molar-refractivity contribution in [3.05, 3.63) is 30.3 Å². The largest absolute Gasteiger partial charge is 0.454 e. The lowest BCUT2D eigenvalue weighted by Crippen LogP contribution is -2.54. The molecule has 1 saturated carbocycles. The number of benzene rings is 1. The molecule has 2 atom stereocenters. The SMILES string of the molecule is CC(C)N(C(=O)COC(=O)CN1C(=O)N[C@]2(CCCC[C@H]2C)C1=O)c1ccccc1. The minimum absolute atomic E-state index is 0.00997. The van der Waals surface area contributed by atoms with E-state index in [9.17, 15) is 19.2 Å². The van der Waals surface area contributed by atoms with Crippen molar-refractivity contribution in [3.8, 4) is 0 Å². The van der Waals surface area contributed by atoms with Gasteiger partial charge in [0.2, 0.25) is 0 Å². The van der Waals surface area contributed by atoms with Gasteiger partial charge in [-0.2, -0.15) is 0 Å². The zero-order valence-corrected chi connectivity index (χ0v) is 17.7. The van der Waals surface area contributed by atoms with Crippen LogP contribution in [-0.2, 0) is 19.1 Å². The van der Waals surface area contributed by atoms with Crippen LogP contribution in [0.5, 0.6) is 0 Å². The quantitative estimate of drug-likeness (QED) is 0.569. The Morgan fingerprint density at radius 1 is 1.23 bits per heavy atom. The number of rotatable bonds is 6. The van der Waals surface area contributed by atoms with Crippen LogP contribution in [0.25, 0.3) is 0 Å². The molecule has 1 aromatic rings. The van der Waals surface area contributed by atoms with Gasteiger partial charge in [-0.3, -0.25) is 19.3 Å². The second kappa shape index (κ2) is 8.85. The number of nitrogens with zero attached hydrogens (tertiary/aromatic N) is 2. The minimum Gasteiger partial charge on any atom is -0.454 e. The highest BCUT2D eigenvalue weighted by Crippen LogP contribution is 2.38. The Bertz CT molecular complexity index is 825. The van der Waals surface area contributed by atoms with Crippen LogP contribution < -0.4 is 10.2 Å². The highest BCUT2D eigenvalue weighted by atomic mass is 16.5. The van der Waals surface area contributed by atoms with Crippen LogP contribution in [0.15, 0.2) is 30.3 Å². The molecule has 2 aliphatic rings. The van der Waals surface area contributed by atoms with Crippen molar-refractivity contribution < 1.29 is 23.9 Å². The summed E-state index contributed by atoms with van der Waals surface area (Å²) in [5.41, 5.74) is -0.219. The van der Waals surface area contributed by atoms with Gasteiger partial charge in [-0.15, -0.1) is 0 Å². The molecule has 1 N–H and O–H groups in total. The summed E-state index contributed by atoms with van der Waals surface area (Å²) in [5, 5.41) is 2.80. The van der Waals surface area contributed by atoms with Crippen molar-refractivity contribution in [2.75, 3.05) is 18.1 Å². The molecule has 2 fully saturated rings. The van der Waals surface area contributed by atoms with Crippen LogP contribution in [0.2, 0.25) is 0 Å². The molecular weight excluding hydrogens is 386 g/mol. The van der Waals surface area contributed by atoms with Crippen LogP contribution in [0.1, 0.15) is 46.5 Å². The first-order valence-corrected chi connectivity index (χ1v) is 10.4. The van der Waals surface area contributed by atoms with Crippen molar-refractivity contribution in [2.45, 2.75) is 58.0 Å². The Balaban J connectivity index is 1.60. The molecule has 1 spiro atoms. The maximum absolute atomic E-state index is 12.9. The van der Waals surface area contributed by atoms with E-state index < -0.39 is 30.7 Å². The van der Waals surface area contributed by atoms with Gasteiger partial charge >= 0.3 is 12.0 Å². The number of anilines is 1. The zero-order valence-electron chi connectivity index (χ0n) is 17.7. The van der Waals surface area contributed by atoms with E-state index in [2.05, 4.69) is 5.32 Å². The molecular formula is C22H29N3O5. The van der Waals surface area contributed by atoms with Crippen molar-refractivity contribution in [1.82, 2.24) is 10.2 Å². The number of para-hydroxylation sites is 1. The van der Waals surface area contributed by atoms with E-state index in [-0.39, 0.29) is 23.8 Å². The molecule has 1 aromatic carbocycles. The summed E-state index contributed by atoms with van der Waals surface area (Å²) in [4.78, 5) is 52.7. The molecule has 3 rings (SSSR count). The van der Waals surface area contributed by atoms with E-state index in [1.807, 2.05) is 39.0 Å². The molecule has 1 aliphatic carbocycles. The lowest BCUT2D eigenvalue weighted by atomic mass is 9.73. The number of hydrogen-bond acceptors (Lipinski definition) is 5. The lowest BCUT2D eigenvalue weighted by molar-refractivity contribution is -0.151. The Morgan fingerprint density at radius 3 is 2.57 bits per heavy atom. The van der Waals surface area contributed by atoms with Crippen LogP contribution in [-0.4, -0.2) is 53.4 Å². The Hall–Kier alpha value is -2.90. The van der Waals surface area contributed by atoms with Crippen LogP contribution in [0.3, 0.4) is 0 Å². The molecule has 4 amide bonds. The first kappa shape index (κ1) is 21.8. The number of nitrogens with one attached hydrogen (secondary N) is 1. The summed E-state index contributed by atoms with van der Waals surface area (Å²) < 4.78 is 5.11. The van der Waals surface area contributed by atoms with Crippen molar-refractivity contribution in [1.29, 1.82) is 0 Å². The minimum atomic E-state index is -0.923. The Morgan fingerprint density at radius 2 is 1.93 bits per heavy atom. The van der Waals surface area contributed by atoms with Gasteiger partial charge in [0.15, 0.2) is 6.61 Å². The molecule has 8 nitrogen and oxygen atoms in total. The maximum Gasteiger partial charge on any atom is 0.326 e. The van der Waals surface area contributed by atoms with Gasteiger partial charge in [0.05, 0.1) is 0 Å². The fourth-order valence-corrected chi connectivity index (χ4v) is 4.34. The average Bonchev–Trinajstić information content (AvgIpc) is 2.94. The second-order valence-electron chi connectivity index (χ2n) is 8.29. The molecule has 162 valence electrons. The van der Waals surface area contributed by atoms with Crippen molar-refractivity contribution in [2.24, 2.45) is 5.92 Å². The van der Waals surface area contributed by atoms with Gasteiger partial charge < -0.3 is 15.0 Å². The zero-order chi connectivity index (χ0) is 21.9. The van der Waals surface area contributed by atoms with Gasteiger partial charge in [0.1, 0.15) is 12.1 Å². The van der Waals surface area contributed by atoms with Crippen molar-refractivity contribution in [3.63, 3.8) is 0 Å². The highest BCUT2D eigenvalue weighted by molar-refractivity contribution is 6.09. The van der Waals surface area contributed by atoms with Crippen LogP contribution >= 0.6 is 0 Å². The average molecular weight is 415 g/mol. The predicted molar refractivity (Wildman–Crippen MR) is 111 cm³/mol. The number of imide groups is 1. The smallest absolute Gasteiger partial charge is 0.326 e. The first-order chi connectivity index (χ1) is 14.3. The van der Waals surface area contributed by atoms with Gasteiger partial charge in [-0.1, -0.05) is 38.0 Å². The first-order valence-electron chi connectivity index (χ1n) is 10.4. The van der Waals surface area contributed by atoms with E-state index in [1.165, 1.54) is 0 Å². The summed E-state index contributed by atoms with van der Waals surface area (Å²) in [6, 6.07) is 8.40. The summed E-state index contributed by atoms with van der Waals surface area (Å²) >= 11 is 0. The van der Waals surface area contributed by atoms with E-state index in [1.54, 1.807) is 17.0 Å². The molecule has 0 radical (unpaired) electrons. The molecule has 1 saturated heterocycles. The summed E-state index contributed by atoms with van der Waals surface area (Å²) in [5.74, 6) is -1.53. The highest BCUT2D eigenvalue weighted by Gasteiger charge is 2.55. The molecule has 8 heteroatoms. The number of amides is 4. The van der Waals surface area contributed by atoms with E-state index >= 15 is 0 Å². The third kappa shape index (κ3) is 4.17. The van der Waals surface area contributed by atoms with Crippen LogP contribution in [0, 0.1) is 5.92 Å². The molecule has 1 aliphatic heterocycles. The van der Waals surface area contributed by atoms with Gasteiger partial charge in [0.25, 0.3) is 11.8 Å². The fraction of sp³-hybridized carbons (Fsp3) is 0.545.